The first-order valence-electron chi connectivity index (χ1n) is 5.84. The molecule has 1 saturated heterocycles. The molecule has 1 N–H and O–H groups in total. The average Bonchev–Trinajstić information content (AvgIpc) is 2.80. The molecule has 0 radical (unpaired) electrons. The van der Waals surface area contributed by atoms with Crippen LogP contribution in [0.25, 0.3) is 0 Å². The van der Waals surface area contributed by atoms with Crippen molar-refractivity contribution in [3.05, 3.63) is 28.8 Å². The molecule has 0 amide bonds. The Hall–Kier alpha value is -1.65. The molecule has 0 spiro atoms. The summed E-state index contributed by atoms with van der Waals surface area (Å²) in [5.41, 5.74) is 0.838. The fraction of sp³-hybridized carbons (Fsp3) is 0.462. The standard InChI is InChI=1S/C13H15F2NO2/c1-7-10(14)5-11(8(2)12(7)15)16-4-3-9(6-16)13(17)18/h5,9H,3-4,6H2,1-2H3,(H,17,18). The van der Waals surface area contributed by atoms with Crippen molar-refractivity contribution in [2.45, 2.75) is 20.3 Å². The number of hydrogen-bond donors (Lipinski definition) is 1. The van der Waals surface area contributed by atoms with Crippen LogP contribution in [0.15, 0.2) is 6.07 Å². The predicted molar refractivity (Wildman–Crippen MR) is 63.8 cm³/mol. The largest absolute Gasteiger partial charge is 0.481 e. The van der Waals surface area contributed by atoms with Gasteiger partial charge >= 0.3 is 5.97 Å². The average molecular weight is 255 g/mol. The van der Waals surface area contributed by atoms with Gasteiger partial charge in [0.15, 0.2) is 0 Å². The van der Waals surface area contributed by atoms with E-state index in [2.05, 4.69) is 0 Å². The van der Waals surface area contributed by atoms with E-state index < -0.39 is 23.5 Å². The van der Waals surface area contributed by atoms with Crippen LogP contribution in [0.4, 0.5) is 14.5 Å². The van der Waals surface area contributed by atoms with Crippen molar-refractivity contribution < 1.29 is 18.7 Å². The number of rotatable bonds is 2. The number of anilines is 1. The molecule has 1 aromatic rings. The van der Waals surface area contributed by atoms with Crippen LogP contribution in [-0.2, 0) is 4.79 Å². The first kappa shape index (κ1) is 12.8. The first-order valence-corrected chi connectivity index (χ1v) is 5.84. The predicted octanol–water partition coefficient (Wildman–Crippen LogP) is 2.49. The summed E-state index contributed by atoms with van der Waals surface area (Å²) in [6.45, 7) is 3.80. The number of halogens is 2. The highest BCUT2D eigenvalue weighted by molar-refractivity contribution is 5.72. The lowest BCUT2D eigenvalue weighted by molar-refractivity contribution is -0.140. The summed E-state index contributed by atoms with van der Waals surface area (Å²) in [5, 5.41) is 8.93. The van der Waals surface area contributed by atoms with E-state index in [1.54, 1.807) is 11.8 Å². The van der Waals surface area contributed by atoms with Crippen LogP contribution in [0.3, 0.4) is 0 Å². The molecule has 1 aliphatic heterocycles. The highest BCUT2D eigenvalue weighted by atomic mass is 19.1. The third kappa shape index (κ3) is 2.05. The summed E-state index contributed by atoms with van der Waals surface area (Å²) in [6, 6.07) is 1.29. The number of aliphatic carboxylic acids is 1. The van der Waals surface area contributed by atoms with Crippen LogP contribution >= 0.6 is 0 Å². The van der Waals surface area contributed by atoms with Gasteiger partial charge in [-0.2, -0.15) is 0 Å². The zero-order chi connectivity index (χ0) is 13.4. The minimum atomic E-state index is -0.858. The summed E-state index contributed by atoms with van der Waals surface area (Å²) in [6.07, 6.45) is 0.506. The lowest BCUT2D eigenvalue weighted by atomic mass is 10.1. The molecule has 18 heavy (non-hydrogen) atoms. The highest BCUT2D eigenvalue weighted by Gasteiger charge is 2.29. The van der Waals surface area contributed by atoms with Gasteiger partial charge in [-0.3, -0.25) is 4.79 Å². The van der Waals surface area contributed by atoms with Crippen molar-refractivity contribution >= 4 is 11.7 Å². The molecule has 1 atom stereocenters. The Morgan fingerprint density at radius 2 is 2.06 bits per heavy atom. The van der Waals surface area contributed by atoms with E-state index in [9.17, 15) is 13.6 Å². The van der Waals surface area contributed by atoms with Gasteiger partial charge in [-0.15, -0.1) is 0 Å². The van der Waals surface area contributed by atoms with Gasteiger partial charge in [0.05, 0.1) is 5.92 Å². The van der Waals surface area contributed by atoms with Gasteiger partial charge in [-0.1, -0.05) is 0 Å². The maximum atomic E-state index is 13.8. The molecular weight excluding hydrogens is 240 g/mol. The van der Waals surface area contributed by atoms with E-state index in [0.29, 0.717) is 30.8 Å². The Labute approximate surface area is 104 Å². The van der Waals surface area contributed by atoms with E-state index in [1.807, 2.05) is 0 Å². The third-order valence-electron chi connectivity index (χ3n) is 3.54. The zero-order valence-electron chi connectivity index (χ0n) is 10.3. The van der Waals surface area contributed by atoms with Gasteiger partial charge in [0.1, 0.15) is 11.6 Å². The molecule has 0 aliphatic carbocycles. The van der Waals surface area contributed by atoms with Crippen molar-refractivity contribution in [1.82, 2.24) is 0 Å². The molecular formula is C13H15F2NO2. The second kappa shape index (κ2) is 4.55. The molecule has 1 aliphatic rings. The van der Waals surface area contributed by atoms with Gasteiger partial charge in [-0.05, 0) is 26.3 Å². The summed E-state index contributed by atoms with van der Waals surface area (Å²) >= 11 is 0. The Kier molecular flexibility index (Phi) is 3.24. The summed E-state index contributed by atoms with van der Waals surface area (Å²) in [7, 11) is 0. The van der Waals surface area contributed by atoms with Gasteiger partial charge < -0.3 is 10.0 Å². The summed E-state index contributed by atoms with van der Waals surface area (Å²) in [4.78, 5) is 12.6. The van der Waals surface area contributed by atoms with Gasteiger partial charge in [0.25, 0.3) is 0 Å². The molecule has 2 rings (SSSR count). The minimum absolute atomic E-state index is 0.00484. The Morgan fingerprint density at radius 1 is 1.39 bits per heavy atom. The molecule has 1 aromatic carbocycles. The van der Waals surface area contributed by atoms with Gasteiger partial charge in [0, 0.05) is 29.9 Å². The second-order valence-electron chi connectivity index (χ2n) is 4.71. The normalized spacial score (nSPS) is 19.3. The Balaban J connectivity index is 2.33. The number of nitrogens with zero attached hydrogens (tertiary/aromatic N) is 1. The van der Waals surface area contributed by atoms with Crippen LogP contribution in [0.5, 0.6) is 0 Å². The van der Waals surface area contributed by atoms with Crippen LogP contribution in [0.1, 0.15) is 17.5 Å². The molecule has 3 nitrogen and oxygen atoms in total. The first-order chi connectivity index (χ1) is 8.41. The van der Waals surface area contributed by atoms with E-state index in [4.69, 9.17) is 5.11 Å². The molecule has 0 saturated carbocycles. The van der Waals surface area contributed by atoms with Crippen molar-refractivity contribution in [3.63, 3.8) is 0 Å². The molecule has 98 valence electrons. The lowest BCUT2D eigenvalue weighted by Gasteiger charge is -2.21. The van der Waals surface area contributed by atoms with Gasteiger partial charge in [0.2, 0.25) is 0 Å². The minimum Gasteiger partial charge on any atom is -0.481 e. The number of carbonyl (C=O) groups is 1. The topological polar surface area (TPSA) is 40.5 Å². The van der Waals surface area contributed by atoms with E-state index >= 15 is 0 Å². The Morgan fingerprint density at radius 3 is 2.61 bits per heavy atom. The fourth-order valence-corrected chi connectivity index (χ4v) is 2.34. The van der Waals surface area contributed by atoms with Gasteiger partial charge in [-0.25, -0.2) is 8.78 Å². The van der Waals surface area contributed by atoms with Crippen LogP contribution in [-0.4, -0.2) is 24.2 Å². The molecule has 1 unspecified atom stereocenters. The Bertz CT molecular complexity index is 502. The summed E-state index contributed by atoms with van der Waals surface area (Å²) < 4.78 is 27.3. The van der Waals surface area contributed by atoms with E-state index in [0.717, 1.165) is 0 Å². The quantitative estimate of drug-likeness (QED) is 0.882. The van der Waals surface area contributed by atoms with E-state index in [-0.39, 0.29) is 5.56 Å². The number of benzene rings is 1. The second-order valence-corrected chi connectivity index (χ2v) is 4.71. The molecule has 1 heterocycles. The molecule has 5 heteroatoms. The van der Waals surface area contributed by atoms with Crippen molar-refractivity contribution in [3.8, 4) is 0 Å². The van der Waals surface area contributed by atoms with E-state index in [1.165, 1.54) is 13.0 Å². The molecule has 0 aromatic heterocycles. The SMILES string of the molecule is Cc1c(F)cc(N2CCC(C(=O)O)C2)c(C)c1F. The van der Waals surface area contributed by atoms with Crippen LogP contribution in [0.2, 0.25) is 0 Å². The van der Waals surface area contributed by atoms with Crippen molar-refractivity contribution in [2.24, 2.45) is 5.92 Å². The number of carboxylic acid groups (broad SMARTS) is 1. The maximum Gasteiger partial charge on any atom is 0.308 e. The van der Waals surface area contributed by atoms with Crippen LogP contribution in [0, 0.1) is 31.4 Å². The zero-order valence-corrected chi connectivity index (χ0v) is 10.3. The number of hydrogen-bond acceptors (Lipinski definition) is 2. The van der Waals surface area contributed by atoms with Crippen molar-refractivity contribution in [2.75, 3.05) is 18.0 Å². The van der Waals surface area contributed by atoms with Crippen LogP contribution < -0.4 is 4.90 Å². The third-order valence-corrected chi connectivity index (χ3v) is 3.54. The monoisotopic (exact) mass is 255 g/mol. The highest BCUT2D eigenvalue weighted by Crippen LogP contribution is 2.31. The maximum absolute atomic E-state index is 13.8. The molecule has 1 fully saturated rings. The fourth-order valence-electron chi connectivity index (χ4n) is 2.34. The summed E-state index contributed by atoms with van der Waals surface area (Å²) in [5.74, 6) is -2.46. The lowest BCUT2D eigenvalue weighted by Crippen LogP contribution is -2.24. The van der Waals surface area contributed by atoms with Crippen molar-refractivity contribution in [1.29, 1.82) is 0 Å². The molecule has 0 bridgehead atoms. The number of carboxylic acids is 1. The smallest absolute Gasteiger partial charge is 0.308 e.